The summed E-state index contributed by atoms with van der Waals surface area (Å²) in [4.78, 5) is 0. The zero-order chi connectivity index (χ0) is 6.12. The Hall–Kier alpha value is -0.240. The van der Waals surface area contributed by atoms with Crippen molar-refractivity contribution in [3.05, 3.63) is 12.0 Å². The highest BCUT2D eigenvalue weighted by molar-refractivity contribution is 8.00. The largest absolute Gasteiger partial charge is 0.228 e. The normalized spacial score (nSPS) is 5.43. The van der Waals surface area contributed by atoms with E-state index in [1.54, 1.807) is 5.41 Å². The van der Waals surface area contributed by atoms with Crippen LogP contribution in [0.5, 0.6) is 0 Å². The predicted molar refractivity (Wildman–Crippen MR) is 38.7 cm³/mol. The van der Waals surface area contributed by atoms with Crippen molar-refractivity contribution in [3.63, 3.8) is 0 Å². The Balaban J connectivity index is 0. The van der Waals surface area contributed by atoms with Crippen LogP contribution < -0.4 is 0 Å². The van der Waals surface area contributed by atoms with Gasteiger partial charge in [-0.25, -0.2) is 4.40 Å². The summed E-state index contributed by atoms with van der Waals surface area (Å²) in [5, 5.41) is 1.62. The summed E-state index contributed by atoms with van der Waals surface area (Å²) in [6.07, 6.45) is 0. The lowest BCUT2D eigenvalue weighted by molar-refractivity contribution is 1.50. The highest BCUT2D eigenvalue weighted by atomic mass is 32.2. The summed E-state index contributed by atoms with van der Waals surface area (Å²) in [6, 6.07) is 0. The topological polar surface area (TPSA) is 12.4 Å². The minimum absolute atomic E-state index is 1.24. The molecule has 0 rings (SSSR count). The molecule has 0 N–H and O–H groups in total. The Morgan fingerprint density at radius 1 is 1.57 bits per heavy atom. The molecule has 0 fully saturated rings. The summed E-state index contributed by atoms with van der Waals surface area (Å²) in [6.45, 7) is 10.6. The van der Waals surface area contributed by atoms with Gasteiger partial charge >= 0.3 is 0 Å². The lowest BCUT2D eigenvalue weighted by Gasteiger charge is -1.65. The van der Waals surface area contributed by atoms with Crippen LogP contribution in [0.4, 0.5) is 0 Å². The fraction of sp³-hybridized carbons (Fsp3) is 0.400. The standard InChI is InChI=1S/C3H5NS.C2H6/c1-3-5-4-2;1-2/h3H,1-2H2;1-2H3. The summed E-state index contributed by atoms with van der Waals surface area (Å²) in [5.74, 6) is 0. The minimum atomic E-state index is 1.24. The van der Waals surface area contributed by atoms with Crippen LogP contribution in [0.25, 0.3) is 0 Å². The van der Waals surface area contributed by atoms with Gasteiger partial charge in [0.05, 0.1) is 0 Å². The van der Waals surface area contributed by atoms with Gasteiger partial charge in [0, 0.05) is 11.9 Å². The van der Waals surface area contributed by atoms with E-state index >= 15 is 0 Å². The number of rotatable bonds is 2. The van der Waals surface area contributed by atoms with Gasteiger partial charge in [0.1, 0.15) is 0 Å². The summed E-state index contributed by atoms with van der Waals surface area (Å²) >= 11 is 1.24. The van der Waals surface area contributed by atoms with Crippen molar-refractivity contribution in [2.45, 2.75) is 13.8 Å². The van der Waals surface area contributed by atoms with Gasteiger partial charge in [-0.1, -0.05) is 20.4 Å². The molecule has 7 heavy (non-hydrogen) atoms. The van der Waals surface area contributed by atoms with Gasteiger partial charge < -0.3 is 0 Å². The predicted octanol–water partition coefficient (Wildman–Crippen LogP) is 2.50. The number of hydrogen-bond donors (Lipinski definition) is 0. The number of hydrogen-bond acceptors (Lipinski definition) is 2. The molecule has 0 spiro atoms. The van der Waals surface area contributed by atoms with E-state index in [-0.39, 0.29) is 0 Å². The highest BCUT2D eigenvalue weighted by Gasteiger charge is 1.52. The van der Waals surface area contributed by atoms with Gasteiger partial charge in [0.2, 0.25) is 0 Å². The monoisotopic (exact) mass is 117 g/mol. The first kappa shape index (κ1) is 9.90. The third-order valence-electron chi connectivity index (χ3n) is 0.149. The molecule has 0 atom stereocenters. The Kier molecular flexibility index (Phi) is 24.2. The van der Waals surface area contributed by atoms with E-state index in [0.29, 0.717) is 0 Å². The van der Waals surface area contributed by atoms with Crippen LogP contribution in [0.2, 0.25) is 0 Å². The molecule has 2 heteroatoms. The van der Waals surface area contributed by atoms with Crippen LogP contribution in [0.3, 0.4) is 0 Å². The lowest BCUT2D eigenvalue weighted by Crippen LogP contribution is -1.29. The molecule has 42 valence electrons. The smallest absolute Gasteiger partial charge is 0.000860 e. The molecule has 0 saturated heterocycles. The summed E-state index contributed by atoms with van der Waals surface area (Å²) < 4.78 is 3.40. The first-order valence-corrected chi connectivity index (χ1v) is 2.98. The van der Waals surface area contributed by atoms with Crippen LogP contribution in [0.1, 0.15) is 13.8 Å². The van der Waals surface area contributed by atoms with Gasteiger partial charge in [0.15, 0.2) is 0 Å². The highest BCUT2D eigenvalue weighted by Crippen LogP contribution is 1.95. The molecule has 0 amide bonds. The molecule has 0 unspecified atom stereocenters. The van der Waals surface area contributed by atoms with Crippen molar-refractivity contribution in [2.24, 2.45) is 4.40 Å². The van der Waals surface area contributed by atoms with Crippen LogP contribution in [0, 0.1) is 0 Å². The van der Waals surface area contributed by atoms with Crippen molar-refractivity contribution in [3.8, 4) is 0 Å². The maximum atomic E-state index is 3.40. The van der Waals surface area contributed by atoms with E-state index in [1.807, 2.05) is 13.8 Å². The quantitative estimate of drug-likeness (QED) is 0.400. The molecular weight excluding hydrogens is 106 g/mol. The SMILES string of the molecule is C=CSN=C.CC. The van der Waals surface area contributed by atoms with Crippen LogP contribution in [0.15, 0.2) is 16.4 Å². The molecule has 0 aliphatic rings. The van der Waals surface area contributed by atoms with E-state index in [1.165, 1.54) is 11.9 Å². The second-order valence-electron chi connectivity index (χ2n) is 0.401. The van der Waals surface area contributed by atoms with E-state index < -0.39 is 0 Å². The van der Waals surface area contributed by atoms with Crippen molar-refractivity contribution in [1.29, 1.82) is 0 Å². The minimum Gasteiger partial charge on any atom is -0.228 e. The molecule has 0 aliphatic carbocycles. The Bertz CT molecular complexity index is 37.3. The second-order valence-corrected chi connectivity index (χ2v) is 1.20. The summed E-state index contributed by atoms with van der Waals surface area (Å²) in [5.41, 5.74) is 0. The molecule has 0 aliphatic heterocycles. The number of nitrogens with zero attached hydrogens (tertiary/aromatic N) is 1. The Morgan fingerprint density at radius 3 is 2.00 bits per heavy atom. The molecule has 1 nitrogen and oxygen atoms in total. The molecule has 0 aromatic rings. The van der Waals surface area contributed by atoms with Gasteiger partial charge in [-0.3, -0.25) is 0 Å². The maximum absolute atomic E-state index is 3.40. The molecule has 0 bridgehead atoms. The molecule has 0 radical (unpaired) electrons. The first-order chi connectivity index (χ1) is 3.41. The van der Waals surface area contributed by atoms with Gasteiger partial charge in [-0.2, -0.15) is 0 Å². The van der Waals surface area contributed by atoms with E-state index in [4.69, 9.17) is 0 Å². The van der Waals surface area contributed by atoms with Crippen LogP contribution in [-0.2, 0) is 0 Å². The van der Waals surface area contributed by atoms with E-state index in [0.717, 1.165) is 0 Å². The zero-order valence-corrected chi connectivity index (χ0v) is 5.66. The maximum Gasteiger partial charge on any atom is 0.000860 e. The fourth-order valence-corrected chi connectivity index (χ4v) is 0.158. The van der Waals surface area contributed by atoms with Crippen molar-refractivity contribution >= 4 is 18.7 Å². The summed E-state index contributed by atoms with van der Waals surface area (Å²) in [7, 11) is 0. The van der Waals surface area contributed by atoms with Gasteiger partial charge in [-0.15, -0.1) is 0 Å². The zero-order valence-electron chi connectivity index (χ0n) is 4.85. The molecule has 0 heterocycles. The molecular formula is C5H11NS. The molecule has 0 saturated carbocycles. The average molecular weight is 117 g/mol. The Labute approximate surface area is 49.7 Å². The van der Waals surface area contributed by atoms with Crippen molar-refractivity contribution < 1.29 is 0 Å². The van der Waals surface area contributed by atoms with E-state index in [2.05, 4.69) is 17.7 Å². The van der Waals surface area contributed by atoms with E-state index in [9.17, 15) is 0 Å². The van der Waals surface area contributed by atoms with Gasteiger partial charge in [-0.05, 0) is 12.1 Å². The molecule has 0 aromatic carbocycles. The van der Waals surface area contributed by atoms with Crippen molar-refractivity contribution in [2.75, 3.05) is 0 Å². The van der Waals surface area contributed by atoms with Crippen LogP contribution in [-0.4, -0.2) is 6.72 Å². The van der Waals surface area contributed by atoms with Crippen LogP contribution >= 0.6 is 11.9 Å². The first-order valence-electron chi connectivity index (χ1n) is 2.14. The third-order valence-corrected chi connectivity index (χ3v) is 0.447. The van der Waals surface area contributed by atoms with Crippen molar-refractivity contribution in [1.82, 2.24) is 0 Å². The third kappa shape index (κ3) is 26.3. The Morgan fingerprint density at radius 2 is 2.00 bits per heavy atom. The fourth-order valence-electron chi connectivity index (χ4n) is 0.0527. The van der Waals surface area contributed by atoms with Gasteiger partial charge in [0.25, 0.3) is 0 Å². The molecule has 0 aromatic heterocycles. The average Bonchev–Trinajstić information content (AvgIpc) is 1.75. The lowest BCUT2D eigenvalue weighted by atomic mass is 11.0. The second kappa shape index (κ2) is 17.1.